The fourth-order valence-corrected chi connectivity index (χ4v) is 1.42. The minimum atomic E-state index is -0.376. The van der Waals surface area contributed by atoms with Crippen molar-refractivity contribution in [2.45, 2.75) is 38.0 Å². The van der Waals surface area contributed by atoms with Crippen LogP contribution in [0.4, 0.5) is 0 Å². The van der Waals surface area contributed by atoms with E-state index in [4.69, 9.17) is 16.9 Å². The molecule has 0 bridgehead atoms. The average Bonchev–Trinajstić information content (AvgIpc) is 2.65. The molecule has 1 aliphatic heterocycles. The Morgan fingerprint density at radius 3 is 3.00 bits per heavy atom. The summed E-state index contributed by atoms with van der Waals surface area (Å²) in [5.41, 5.74) is 5.43. The Kier molecular flexibility index (Phi) is 3.93. The molecule has 4 heteroatoms. The molecule has 3 unspecified atom stereocenters. The first-order valence-corrected chi connectivity index (χ1v) is 4.79. The summed E-state index contributed by atoms with van der Waals surface area (Å²) >= 11 is 0. The van der Waals surface area contributed by atoms with Crippen molar-refractivity contribution in [2.75, 3.05) is 6.54 Å². The minimum absolute atomic E-state index is 0.0203. The van der Waals surface area contributed by atoms with E-state index in [1.807, 2.05) is 0 Å². The Labute approximate surface area is 84.2 Å². The van der Waals surface area contributed by atoms with Crippen LogP contribution in [0.5, 0.6) is 0 Å². The largest absolute Gasteiger partial charge is 0.364 e. The van der Waals surface area contributed by atoms with Crippen LogP contribution in [0.2, 0.25) is 0 Å². The smallest absolute Gasteiger partial charge is 0.250 e. The molecule has 0 aromatic carbocycles. The van der Waals surface area contributed by atoms with Crippen LogP contribution in [0.15, 0.2) is 0 Å². The summed E-state index contributed by atoms with van der Waals surface area (Å²) in [5, 5.41) is 2.68. The van der Waals surface area contributed by atoms with E-state index in [2.05, 4.69) is 11.2 Å². The molecule has 78 valence electrons. The SMILES string of the molecule is C#CC(C)NC(=O)C1CCC(CN)O1. The van der Waals surface area contributed by atoms with E-state index in [1.54, 1.807) is 6.92 Å². The predicted octanol–water partition coefficient (Wildman–Crippen LogP) is -0.369. The molecule has 1 heterocycles. The molecule has 0 saturated carbocycles. The van der Waals surface area contributed by atoms with Gasteiger partial charge in [-0.05, 0) is 19.8 Å². The van der Waals surface area contributed by atoms with E-state index in [-0.39, 0.29) is 24.2 Å². The molecule has 3 atom stereocenters. The van der Waals surface area contributed by atoms with Crippen molar-refractivity contribution in [3.05, 3.63) is 0 Å². The highest BCUT2D eigenvalue weighted by Gasteiger charge is 2.29. The van der Waals surface area contributed by atoms with Gasteiger partial charge in [0.2, 0.25) is 5.91 Å². The van der Waals surface area contributed by atoms with Crippen molar-refractivity contribution in [3.8, 4) is 12.3 Å². The summed E-state index contributed by atoms with van der Waals surface area (Å²) in [7, 11) is 0. The monoisotopic (exact) mass is 196 g/mol. The molecule has 0 radical (unpaired) electrons. The number of nitrogens with two attached hydrogens (primary N) is 1. The molecule has 1 fully saturated rings. The highest BCUT2D eigenvalue weighted by Crippen LogP contribution is 2.18. The van der Waals surface area contributed by atoms with Crippen LogP contribution in [-0.2, 0) is 9.53 Å². The van der Waals surface area contributed by atoms with E-state index in [0.717, 1.165) is 12.8 Å². The fourth-order valence-electron chi connectivity index (χ4n) is 1.42. The molecule has 0 spiro atoms. The zero-order valence-corrected chi connectivity index (χ0v) is 8.32. The van der Waals surface area contributed by atoms with Crippen molar-refractivity contribution in [2.24, 2.45) is 5.73 Å². The topological polar surface area (TPSA) is 64.4 Å². The molecule has 3 N–H and O–H groups in total. The summed E-state index contributed by atoms with van der Waals surface area (Å²) in [6, 6.07) is -0.247. The number of carbonyl (C=O) groups is 1. The molecule has 14 heavy (non-hydrogen) atoms. The van der Waals surface area contributed by atoms with Crippen molar-refractivity contribution in [1.82, 2.24) is 5.32 Å². The molecule has 1 amide bonds. The maximum Gasteiger partial charge on any atom is 0.250 e. The molecule has 1 aliphatic rings. The number of hydrogen-bond acceptors (Lipinski definition) is 3. The number of amides is 1. The van der Waals surface area contributed by atoms with Gasteiger partial charge in [0.1, 0.15) is 6.10 Å². The van der Waals surface area contributed by atoms with E-state index >= 15 is 0 Å². The standard InChI is InChI=1S/C10H16N2O2/c1-3-7(2)12-10(13)9-5-4-8(6-11)14-9/h1,7-9H,4-6,11H2,2H3,(H,12,13). The molecule has 1 saturated heterocycles. The fraction of sp³-hybridized carbons (Fsp3) is 0.700. The molecular formula is C10H16N2O2. The third-order valence-corrected chi connectivity index (χ3v) is 2.27. The number of hydrogen-bond donors (Lipinski definition) is 2. The van der Waals surface area contributed by atoms with E-state index in [0.29, 0.717) is 6.54 Å². The van der Waals surface area contributed by atoms with Gasteiger partial charge in [0.15, 0.2) is 0 Å². The first-order valence-electron chi connectivity index (χ1n) is 4.79. The summed E-state index contributed by atoms with van der Waals surface area (Å²) in [5.74, 6) is 2.30. The van der Waals surface area contributed by atoms with Crippen LogP contribution in [0.3, 0.4) is 0 Å². The number of ether oxygens (including phenoxy) is 1. The quantitative estimate of drug-likeness (QED) is 0.605. The predicted molar refractivity (Wildman–Crippen MR) is 53.4 cm³/mol. The van der Waals surface area contributed by atoms with E-state index < -0.39 is 0 Å². The van der Waals surface area contributed by atoms with Gasteiger partial charge >= 0.3 is 0 Å². The molecular weight excluding hydrogens is 180 g/mol. The van der Waals surface area contributed by atoms with Gasteiger partial charge in [-0.25, -0.2) is 0 Å². The van der Waals surface area contributed by atoms with Crippen molar-refractivity contribution < 1.29 is 9.53 Å². The maximum absolute atomic E-state index is 11.5. The normalized spacial score (nSPS) is 28.1. The molecule has 0 aromatic heterocycles. The van der Waals surface area contributed by atoms with Gasteiger partial charge < -0.3 is 15.8 Å². The van der Waals surface area contributed by atoms with Gasteiger partial charge in [-0.3, -0.25) is 4.79 Å². The van der Waals surface area contributed by atoms with Gasteiger partial charge in [0.25, 0.3) is 0 Å². The van der Waals surface area contributed by atoms with Gasteiger partial charge in [0.05, 0.1) is 12.1 Å². The Morgan fingerprint density at radius 1 is 1.79 bits per heavy atom. The third kappa shape index (κ3) is 2.72. The van der Waals surface area contributed by atoms with Crippen LogP contribution in [0, 0.1) is 12.3 Å². The average molecular weight is 196 g/mol. The Bertz CT molecular complexity index is 247. The minimum Gasteiger partial charge on any atom is -0.364 e. The first-order chi connectivity index (χ1) is 6.67. The highest BCUT2D eigenvalue weighted by molar-refractivity contribution is 5.81. The first kappa shape index (κ1) is 11.0. The zero-order valence-electron chi connectivity index (χ0n) is 8.32. The molecule has 0 aromatic rings. The van der Waals surface area contributed by atoms with Gasteiger partial charge in [0, 0.05) is 6.54 Å². The van der Waals surface area contributed by atoms with Crippen LogP contribution >= 0.6 is 0 Å². The maximum atomic E-state index is 11.5. The Balaban J connectivity index is 2.36. The van der Waals surface area contributed by atoms with Crippen LogP contribution in [0.25, 0.3) is 0 Å². The van der Waals surface area contributed by atoms with Crippen molar-refractivity contribution >= 4 is 5.91 Å². The number of nitrogens with one attached hydrogen (secondary N) is 1. The van der Waals surface area contributed by atoms with Crippen LogP contribution < -0.4 is 11.1 Å². The molecule has 1 rings (SSSR count). The van der Waals surface area contributed by atoms with Crippen LogP contribution in [-0.4, -0.2) is 30.7 Å². The molecule has 0 aliphatic carbocycles. The van der Waals surface area contributed by atoms with E-state index in [9.17, 15) is 4.79 Å². The number of carbonyl (C=O) groups excluding carboxylic acids is 1. The second-order valence-corrected chi connectivity index (χ2v) is 3.46. The Morgan fingerprint density at radius 2 is 2.50 bits per heavy atom. The second-order valence-electron chi connectivity index (χ2n) is 3.46. The second kappa shape index (κ2) is 4.99. The van der Waals surface area contributed by atoms with Gasteiger partial charge in [-0.2, -0.15) is 0 Å². The van der Waals surface area contributed by atoms with Gasteiger partial charge in [-0.1, -0.05) is 5.92 Å². The van der Waals surface area contributed by atoms with Crippen molar-refractivity contribution in [1.29, 1.82) is 0 Å². The third-order valence-electron chi connectivity index (χ3n) is 2.27. The lowest BCUT2D eigenvalue weighted by Crippen LogP contribution is -2.39. The van der Waals surface area contributed by atoms with Crippen molar-refractivity contribution in [3.63, 3.8) is 0 Å². The summed E-state index contributed by atoms with van der Waals surface area (Å²) in [6.07, 6.45) is 6.37. The van der Waals surface area contributed by atoms with E-state index in [1.165, 1.54) is 0 Å². The van der Waals surface area contributed by atoms with Gasteiger partial charge in [-0.15, -0.1) is 6.42 Å². The summed E-state index contributed by atoms with van der Waals surface area (Å²) in [6.45, 7) is 2.22. The lowest BCUT2D eigenvalue weighted by Gasteiger charge is -2.14. The zero-order chi connectivity index (χ0) is 10.6. The van der Waals surface area contributed by atoms with Crippen LogP contribution in [0.1, 0.15) is 19.8 Å². The summed E-state index contributed by atoms with van der Waals surface area (Å²) in [4.78, 5) is 11.5. The molecule has 4 nitrogen and oxygen atoms in total. The lowest BCUT2D eigenvalue weighted by atomic mass is 10.2. The summed E-state index contributed by atoms with van der Waals surface area (Å²) < 4.78 is 5.41. The highest BCUT2D eigenvalue weighted by atomic mass is 16.5. The number of rotatable bonds is 3. The number of terminal acetylenes is 1. The lowest BCUT2D eigenvalue weighted by molar-refractivity contribution is -0.132. The Hall–Kier alpha value is -1.05.